The van der Waals surface area contributed by atoms with Gasteiger partial charge in [0.2, 0.25) is 0 Å². The summed E-state index contributed by atoms with van der Waals surface area (Å²) in [4.78, 5) is -0.265. The second-order valence-corrected chi connectivity index (χ2v) is 12.1. The molecule has 2 aromatic rings. The molecule has 0 N–H and O–H groups in total. The number of unbranched alkanes of at least 4 members (excludes halogenated alkanes) is 16. The molecule has 0 fully saturated rings. The molecular weight excluding hydrogens is 444 g/mol. The fourth-order valence-electron chi connectivity index (χ4n) is 5.26. The van der Waals surface area contributed by atoms with Crippen molar-refractivity contribution in [1.29, 1.82) is 0 Å². The van der Waals surface area contributed by atoms with E-state index in [-0.39, 0.29) is 4.87 Å². The maximum Gasteiger partial charge on any atom is 0.0641 e. The molecule has 0 aliphatic heterocycles. The third kappa shape index (κ3) is 14.8. The maximum atomic E-state index is 6.57. The molecule has 35 heavy (non-hydrogen) atoms. The number of hydrogen-bond donors (Lipinski definition) is 0. The number of alkyl halides is 1. The van der Waals surface area contributed by atoms with Gasteiger partial charge in [0.05, 0.1) is 4.87 Å². The molecule has 0 amide bonds. The Bertz CT molecular complexity index is 743. The average molecular weight is 497 g/mol. The molecule has 0 aliphatic rings. The molecule has 0 aromatic heterocycles. The summed E-state index contributed by atoms with van der Waals surface area (Å²) in [5.41, 5.74) is 4.24. The van der Waals surface area contributed by atoms with Gasteiger partial charge < -0.3 is 0 Å². The van der Waals surface area contributed by atoms with Crippen LogP contribution in [0.5, 0.6) is 0 Å². The average Bonchev–Trinajstić information content (AvgIpc) is 2.85. The summed E-state index contributed by atoms with van der Waals surface area (Å²) in [6.45, 7) is 4.20. The first-order chi connectivity index (χ1) is 17.1. The molecule has 0 heterocycles. The van der Waals surface area contributed by atoms with Gasteiger partial charge in [0.1, 0.15) is 0 Å². The first kappa shape index (κ1) is 30.0. The quantitative estimate of drug-likeness (QED) is 0.119. The van der Waals surface area contributed by atoms with E-state index in [4.69, 9.17) is 11.6 Å². The highest BCUT2D eigenvalue weighted by Gasteiger charge is 2.19. The van der Waals surface area contributed by atoms with Gasteiger partial charge >= 0.3 is 0 Å². The van der Waals surface area contributed by atoms with Crippen LogP contribution in [0.2, 0.25) is 0 Å². The van der Waals surface area contributed by atoms with Crippen molar-refractivity contribution in [2.45, 2.75) is 141 Å². The zero-order valence-corrected chi connectivity index (χ0v) is 23.8. The van der Waals surface area contributed by atoms with Crippen molar-refractivity contribution in [2.24, 2.45) is 0 Å². The Hall–Kier alpha value is -1.27. The molecule has 0 atom stereocenters. The zero-order valence-electron chi connectivity index (χ0n) is 23.0. The molecule has 2 rings (SSSR count). The Morgan fingerprint density at radius 2 is 0.829 bits per heavy atom. The summed E-state index contributed by atoms with van der Waals surface area (Å²) in [7, 11) is 0. The minimum absolute atomic E-state index is 0.265. The molecule has 0 spiro atoms. The van der Waals surface area contributed by atoms with E-state index in [0.29, 0.717) is 0 Å². The third-order valence-corrected chi connectivity index (χ3v) is 7.62. The Morgan fingerprint density at radius 1 is 0.457 bits per heavy atom. The van der Waals surface area contributed by atoms with Gasteiger partial charge in [-0.25, -0.2) is 0 Å². The van der Waals surface area contributed by atoms with Crippen molar-refractivity contribution >= 4 is 11.6 Å². The fourth-order valence-corrected chi connectivity index (χ4v) is 5.44. The summed E-state index contributed by atoms with van der Waals surface area (Å²) in [6.07, 6.45) is 26.5. The van der Waals surface area contributed by atoms with E-state index in [1.54, 1.807) is 0 Å². The van der Waals surface area contributed by atoms with Crippen molar-refractivity contribution in [3.05, 3.63) is 71.3 Å². The first-order valence-electron chi connectivity index (χ1n) is 14.9. The van der Waals surface area contributed by atoms with Crippen LogP contribution in [0.25, 0.3) is 0 Å². The predicted molar refractivity (Wildman–Crippen MR) is 158 cm³/mol. The summed E-state index contributed by atoms with van der Waals surface area (Å²) >= 11 is 6.57. The Kier molecular flexibility index (Phi) is 16.2. The molecule has 0 saturated heterocycles. The van der Waals surface area contributed by atoms with Crippen LogP contribution >= 0.6 is 11.6 Å². The van der Waals surface area contributed by atoms with Crippen LogP contribution in [0.15, 0.2) is 54.6 Å². The molecule has 0 nitrogen and oxygen atoms in total. The summed E-state index contributed by atoms with van der Waals surface area (Å²) < 4.78 is 0. The van der Waals surface area contributed by atoms with Crippen LogP contribution in [-0.2, 0) is 17.7 Å². The lowest BCUT2D eigenvalue weighted by Crippen LogP contribution is -2.10. The standard InChI is InChI=1S/C34H53Cl/c1-34(2,35)33-30-24-23-29-32(33)28-22-17-15-13-11-9-7-5-3-4-6-8-10-12-14-16-19-25-31-26-20-18-21-27-31/h18,20-21,23-24,26-27,29-30H,3-17,19,22,25,28H2,1-2H3. The molecule has 0 aliphatic carbocycles. The second kappa shape index (κ2) is 18.9. The van der Waals surface area contributed by atoms with E-state index in [1.165, 1.54) is 139 Å². The van der Waals surface area contributed by atoms with Crippen molar-refractivity contribution in [1.82, 2.24) is 0 Å². The van der Waals surface area contributed by atoms with Crippen molar-refractivity contribution in [2.75, 3.05) is 0 Å². The zero-order chi connectivity index (χ0) is 25.0. The third-order valence-electron chi connectivity index (χ3n) is 7.41. The minimum atomic E-state index is -0.265. The van der Waals surface area contributed by atoms with Crippen LogP contribution < -0.4 is 0 Å². The van der Waals surface area contributed by atoms with Gasteiger partial charge in [-0.05, 0) is 56.2 Å². The SMILES string of the molecule is CC(C)(Cl)c1ccccc1CCCCCCCCCCCCCCCCCCCc1ccccc1. The van der Waals surface area contributed by atoms with Crippen LogP contribution in [0, 0.1) is 0 Å². The van der Waals surface area contributed by atoms with E-state index in [2.05, 4.69) is 68.4 Å². The highest BCUT2D eigenvalue weighted by molar-refractivity contribution is 6.23. The largest absolute Gasteiger partial charge is 0.115 e. The minimum Gasteiger partial charge on any atom is -0.115 e. The van der Waals surface area contributed by atoms with Gasteiger partial charge in [0, 0.05) is 0 Å². The molecule has 0 unspecified atom stereocenters. The van der Waals surface area contributed by atoms with Gasteiger partial charge in [0.15, 0.2) is 0 Å². The Morgan fingerprint density at radius 3 is 1.29 bits per heavy atom. The van der Waals surface area contributed by atoms with Gasteiger partial charge in [-0.15, -0.1) is 11.6 Å². The van der Waals surface area contributed by atoms with Crippen molar-refractivity contribution in [3.8, 4) is 0 Å². The van der Waals surface area contributed by atoms with E-state index in [1.807, 2.05) is 0 Å². The highest BCUT2D eigenvalue weighted by Crippen LogP contribution is 2.31. The van der Waals surface area contributed by atoms with Crippen LogP contribution in [-0.4, -0.2) is 0 Å². The smallest absolute Gasteiger partial charge is 0.0641 e. The van der Waals surface area contributed by atoms with Gasteiger partial charge in [-0.3, -0.25) is 0 Å². The van der Waals surface area contributed by atoms with E-state index < -0.39 is 0 Å². The van der Waals surface area contributed by atoms with E-state index in [9.17, 15) is 0 Å². The number of halogens is 1. The second-order valence-electron chi connectivity index (χ2n) is 11.1. The Labute approximate surface area is 223 Å². The Balaban J connectivity index is 1.29. The van der Waals surface area contributed by atoms with Gasteiger partial charge in [-0.1, -0.05) is 151 Å². The molecule has 0 saturated carbocycles. The molecule has 2 aromatic carbocycles. The molecule has 0 radical (unpaired) electrons. The van der Waals surface area contributed by atoms with Crippen LogP contribution in [0.1, 0.15) is 140 Å². The van der Waals surface area contributed by atoms with Crippen molar-refractivity contribution < 1.29 is 0 Å². The predicted octanol–water partition coefficient (Wildman–Crippen LogP) is 11.6. The first-order valence-corrected chi connectivity index (χ1v) is 15.3. The van der Waals surface area contributed by atoms with Crippen molar-refractivity contribution in [3.63, 3.8) is 0 Å². The molecule has 1 heteroatoms. The van der Waals surface area contributed by atoms with E-state index in [0.717, 1.165) is 0 Å². The topological polar surface area (TPSA) is 0 Å². The number of benzene rings is 2. The summed E-state index contributed by atoms with van der Waals surface area (Å²) in [6, 6.07) is 19.6. The summed E-state index contributed by atoms with van der Waals surface area (Å²) in [5, 5.41) is 0. The van der Waals surface area contributed by atoms with E-state index >= 15 is 0 Å². The number of hydrogen-bond acceptors (Lipinski definition) is 0. The number of rotatable bonds is 21. The normalized spacial score (nSPS) is 11.7. The van der Waals surface area contributed by atoms with Crippen LogP contribution in [0.3, 0.4) is 0 Å². The van der Waals surface area contributed by atoms with Gasteiger partial charge in [0.25, 0.3) is 0 Å². The highest BCUT2D eigenvalue weighted by atomic mass is 35.5. The summed E-state index contributed by atoms with van der Waals surface area (Å²) in [5.74, 6) is 0. The molecule has 0 bridgehead atoms. The fraction of sp³-hybridized carbons (Fsp3) is 0.647. The maximum absolute atomic E-state index is 6.57. The monoisotopic (exact) mass is 496 g/mol. The molecular formula is C34H53Cl. The lowest BCUT2D eigenvalue weighted by molar-refractivity contribution is 0.525. The molecule has 196 valence electrons. The van der Waals surface area contributed by atoms with Crippen LogP contribution in [0.4, 0.5) is 0 Å². The van der Waals surface area contributed by atoms with Gasteiger partial charge in [-0.2, -0.15) is 0 Å². The lowest BCUT2D eigenvalue weighted by atomic mass is 9.93. The lowest BCUT2D eigenvalue weighted by Gasteiger charge is -2.20. The number of aryl methyl sites for hydroxylation is 2.